The van der Waals surface area contributed by atoms with Gasteiger partial charge in [0.2, 0.25) is 5.91 Å². The zero-order chi connectivity index (χ0) is 11.5. The van der Waals surface area contributed by atoms with Crippen molar-refractivity contribution in [2.24, 2.45) is 11.7 Å². The van der Waals surface area contributed by atoms with Gasteiger partial charge in [0, 0.05) is 24.9 Å². The minimum atomic E-state index is 0.0874. The molecule has 2 N–H and O–H groups in total. The van der Waals surface area contributed by atoms with Crippen LogP contribution in [-0.2, 0) is 4.79 Å². The molecule has 1 amide bonds. The lowest BCUT2D eigenvalue weighted by Gasteiger charge is -2.33. The normalized spacial score (nSPS) is 35.0. The van der Waals surface area contributed by atoms with E-state index in [1.54, 1.807) is 0 Å². The molecule has 0 aromatic carbocycles. The molecule has 0 spiro atoms. The Kier molecular flexibility index (Phi) is 4.14. The van der Waals surface area contributed by atoms with Crippen molar-refractivity contribution in [2.45, 2.75) is 44.2 Å². The van der Waals surface area contributed by atoms with E-state index in [2.05, 4.69) is 0 Å². The van der Waals surface area contributed by atoms with Gasteiger partial charge in [0.05, 0.1) is 5.92 Å². The van der Waals surface area contributed by atoms with E-state index in [0.717, 1.165) is 31.4 Å². The number of hydrogen-bond donors (Lipinski definition) is 1. The van der Waals surface area contributed by atoms with Gasteiger partial charge in [0.1, 0.15) is 0 Å². The van der Waals surface area contributed by atoms with Gasteiger partial charge in [-0.3, -0.25) is 4.79 Å². The van der Waals surface area contributed by atoms with Gasteiger partial charge >= 0.3 is 0 Å². The maximum atomic E-state index is 12.3. The second-order valence-electron chi connectivity index (χ2n) is 5.02. The summed E-state index contributed by atoms with van der Waals surface area (Å²) in [4.78, 5) is 14.3. The van der Waals surface area contributed by atoms with Crippen LogP contribution in [-0.4, -0.2) is 41.4 Å². The van der Waals surface area contributed by atoms with Crippen molar-refractivity contribution in [1.82, 2.24) is 4.90 Å². The Bertz CT molecular complexity index is 253. The largest absolute Gasteiger partial charge is 0.342 e. The summed E-state index contributed by atoms with van der Waals surface area (Å²) in [5.41, 5.74) is 6.06. The van der Waals surface area contributed by atoms with Crippen molar-refractivity contribution in [3.05, 3.63) is 0 Å². The minimum Gasteiger partial charge on any atom is -0.342 e. The number of hydrogen-bond acceptors (Lipinski definition) is 3. The van der Waals surface area contributed by atoms with Gasteiger partial charge in [-0.15, -0.1) is 0 Å². The van der Waals surface area contributed by atoms with Crippen molar-refractivity contribution < 1.29 is 4.79 Å². The number of rotatable bonds is 2. The Labute approximate surface area is 102 Å². The summed E-state index contributed by atoms with van der Waals surface area (Å²) in [6.45, 7) is 0. The molecule has 16 heavy (non-hydrogen) atoms. The number of carbonyl (C=O) groups is 1. The quantitative estimate of drug-likeness (QED) is 0.797. The van der Waals surface area contributed by atoms with Gasteiger partial charge in [-0.05, 0) is 25.0 Å². The molecule has 0 radical (unpaired) electrons. The van der Waals surface area contributed by atoms with Crippen LogP contribution >= 0.6 is 11.8 Å². The molecule has 2 aliphatic rings. The van der Waals surface area contributed by atoms with Gasteiger partial charge in [-0.2, -0.15) is 11.8 Å². The summed E-state index contributed by atoms with van der Waals surface area (Å²) < 4.78 is 0. The highest BCUT2D eigenvalue weighted by Gasteiger charge is 2.33. The molecule has 1 aliphatic carbocycles. The van der Waals surface area contributed by atoms with Crippen molar-refractivity contribution in [2.75, 3.05) is 18.6 Å². The van der Waals surface area contributed by atoms with E-state index in [1.165, 1.54) is 12.2 Å². The standard InChI is InChI=1S/C12H22N2OS/c1-14(9-6-7-16-8-9)12(15)10-4-2-3-5-11(10)13/h9-11H,2-8,13H2,1H3. The van der Waals surface area contributed by atoms with Crippen molar-refractivity contribution >= 4 is 17.7 Å². The lowest BCUT2D eigenvalue weighted by atomic mass is 9.84. The lowest BCUT2D eigenvalue weighted by molar-refractivity contribution is -0.137. The SMILES string of the molecule is CN(C(=O)C1CCCCC1N)C1CCSC1. The maximum Gasteiger partial charge on any atom is 0.227 e. The Morgan fingerprint density at radius 2 is 2.06 bits per heavy atom. The van der Waals surface area contributed by atoms with Crippen LogP contribution in [0.15, 0.2) is 0 Å². The molecule has 0 aromatic heterocycles. The number of carbonyl (C=O) groups excluding carboxylic acids is 1. The molecule has 1 aliphatic heterocycles. The fourth-order valence-corrected chi connectivity index (χ4v) is 4.00. The summed E-state index contributed by atoms with van der Waals surface area (Å²) in [6, 6.07) is 0.546. The van der Waals surface area contributed by atoms with Crippen LogP contribution in [0.25, 0.3) is 0 Å². The Morgan fingerprint density at radius 3 is 2.69 bits per heavy atom. The molecule has 3 unspecified atom stereocenters. The molecule has 2 fully saturated rings. The van der Waals surface area contributed by atoms with Gasteiger partial charge < -0.3 is 10.6 Å². The monoisotopic (exact) mass is 242 g/mol. The van der Waals surface area contributed by atoms with Crippen LogP contribution in [0, 0.1) is 5.92 Å². The summed E-state index contributed by atoms with van der Waals surface area (Å²) >= 11 is 1.95. The third kappa shape index (κ3) is 2.54. The zero-order valence-electron chi connectivity index (χ0n) is 10.0. The molecule has 1 heterocycles. The molecule has 2 rings (SSSR count). The first-order valence-corrected chi connectivity index (χ1v) is 7.45. The second-order valence-corrected chi connectivity index (χ2v) is 6.17. The van der Waals surface area contributed by atoms with Crippen LogP contribution in [0.3, 0.4) is 0 Å². The van der Waals surface area contributed by atoms with E-state index in [-0.39, 0.29) is 12.0 Å². The van der Waals surface area contributed by atoms with E-state index in [9.17, 15) is 4.79 Å². The average molecular weight is 242 g/mol. The highest BCUT2D eigenvalue weighted by molar-refractivity contribution is 7.99. The summed E-state index contributed by atoms with van der Waals surface area (Å²) in [6.07, 6.45) is 5.51. The minimum absolute atomic E-state index is 0.0874. The fraction of sp³-hybridized carbons (Fsp3) is 0.917. The number of nitrogens with zero attached hydrogens (tertiary/aromatic N) is 1. The van der Waals surface area contributed by atoms with Gasteiger partial charge in [0.25, 0.3) is 0 Å². The first-order chi connectivity index (χ1) is 7.70. The predicted molar refractivity (Wildman–Crippen MR) is 68.4 cm³/mol. The predicted octanol–water partition coefficient (Wildman–Crippen LogP) is 1.47. The molecular formula is C12H22N2OS. The third-order valence-corrected chi connectivity index (χ3v) is 5.08. The molecule has 3 nitrogen and oxygen atoms in total. The molecular weight excluding hydrogens is 220 g/mol. The topological polar surface area (TPSA) is 46.3 Å². The number of nitrogens with two attached hydrogens (primary N) is 1. The lowest BCUT2D eigenvalue weighted by Crippen LogP contribution is -2.47. The molecule has 0 bridgehead atoms. The molecule has 0 aromatic rings. The second kappa shape index (κ2) is 5.41. The zero-order valence-corrected chi connectivity index (χ0v) is 10.8. The van der Waals surface area contributed by atoms with E-state index in [0.29, 0.717) is 11.9 Å². The molecule has 4 heteroatoms. The Hall–Kier alpha value is -0.220. The highest BCUT2D eigenvalue weighted by atomic mass is 32.2. The summed E-state index contributed by atoms with van der Waals surface area (Å²) in [5.74, 6) is 2.67. The first-order valence-electron chi connectivity index (χ1n) is 6.30. The summed E-state index contributed by atoms with van der Waals surface area (Å²) in [7, 11) is 1.96. The van der Waals surface area contributed by atoms with Gasteiger partial charge in [0.15, 0.2) is 0 Å². The number of thioether (sulfide) groups is 1. The summed E-state index contributed by atoms with van der Waals surface area (Å²) in [5, 5.41) is 0. The van der Waals surface area contributed by atoms with E-state index in [1.807, 2.05) is 23.7 Å². The Balaban J connectivity index is 1.94. The van der Waals surface area contributed by atoms with Crippen molar-refractivity contribution in [1.29, 1.82) is 0 Å². The first kappa shape index (κ1) is 12.2. The Morgan fingerprint density at radius 1 is 1.31 bits per heavy atom. The number of amides is 1. The van der Waals surface area contributed by atoms with Crippen LogP contribution in [0.4, 0.5) is 0 Å². The van der Waals surface area contributed by atoms with Gasteiger partial charge in [-0.25, -0.2) is 0 Å². The van der Waals surface area contributed by atoms with Crippen LogP contribution in [0.5, 0.6) is 0 Å². The highest BCUT2D eigenvalue weighted by Crippen LogP contribution is 2.27. The maximum absolute atomic E-state index is 12.3. The smallest absolute Gasteiger partial charge is 0.227 e. The molecule has 3 atom stereocenters. The van der Waals surface area contributed by atoms with E-state index in [4.69, 9.17) is 5.73 Å². The molecule has 1 saturated heterocycles. The molecule has 92 valence electrons. The van der Waals surface area contributed by atoms with Crippen LogP contribution in [0.2, 0.25) is 0 Å². The average Bonchev–Trinajstić information content (AvgIpc) is 2.81. The van der Waals surface area contributed by atoms with Crippen LogP contribution in [0.1, 0.15) is 32.1 Å². The van der Waals surface area contributed by atoms with Gasteiger partial charge in [-0.1, -0.05) is 12.8 Å². The van der Waals surface area contributed by atoms with Crippen LogP contribution < -0.4 is 5.73 Å². The van der Waals surface area contributed by atoms with Crippen molar-refractivity contribution in [3.8, 4) is 0 Å². The molecule has 1 saturated carbocycles. The third-order valence-electron chi connectivity index (χ3n) is 3.94. The fourth-order valence-electron chi connectivity index (χ4n) is 2.74. The van der Waals surface area contributed by atoms with Crippen molar-refractivity contribution in [3.63, 3.8) is 0 Å². The van der Waals surface area contributed by atoms with E-state index < -0.39 is 0 Å². The van der Waals surface area contributed by atoms with E-state index >= 15 is 0 Å².